The number of benzene rings is 1. The Hall–Kier alpha value is -1.98. The molecule has 0 atom stereocenters. The van der Waals surface area contributed by atoms with Crippen LogP contribution in [0.25, 0.3) is 0 Å². The predicted molar refractivity (Wildman–Crippen MR) is 96.0 cm³/mol. The fourth-order valence-corrected chi connectivity index (χ4v) is 3.38. The summed E-state index contributed by atoms with van der Waals surface area (Å²) >= 11 is 0. The fourth-order valence-electron chi connectivity index (χ4n) is 3.38. The van der Waals surface area contributed by atoms with Crippen molar-refractivity contribution in [1.29, 1.82) is 0 Å². The number of nitrogens with zero attached hydrogens (tertiary/aromatic N) is 2. The lowest BCUT2D eigenvalue weighted by molar-refractivity contribution is -0.117. The maximum absolute atomic E-state index is 12.3. The Labute approximate surface area is 144 Å². The molecular formula is C18H25BN2O3. The monoisotopic (exact) mass is 328 g/mol. The number of rotatable bonds is 0. The summed E-state index contributed by atoms with van der Waals surface area (Å²) in [6, 6.07) is 4.37. The fraction of sp³-hybridized carbons (Fsp3) is 0.556. The molecule has 2 aliphatic rings. The van der Waals surface area contributed by atoms with Crippen molar-refractivity contribution < 1.29 is 14.3 Å². The van der Waals surface area contributed by atoms with Crippen molar-refractivity contribution in [3.63, 3.8) is 0 Å². The Morgan fingerprint density at radius 1 is 1.04 bits per heavy atom. The molecule has 0 spiro atoms. The molecule has 2 heterocycles. The molecule has 0 N–H and O–H groups in total. The van der Waals surface area contributed by atoms with Crippen LogP contribution in [0.2, 0.25) is 0 Å². The summed E-state index contributed by atoms with van der Waals surface area (Å²) in [4.78, 5) is 27.8. The van der Waals surface area contributed by atoms with Crippen LogP contribution in [0.5, 0.6) is 0 Å². The molecular weight excluding hydrogens is 303 g/mol. The maximum Gasteiger partial charge on any atom is 0.410 e. The molecule has 0 radical (unpaired) electrons. The number of carbonyl (C=O) groups excluding carboxylic acids is 2. The normalized spacial score (nSPS) is 17.9. The summed E-state index contributed by atoms with van der Waals surface area (Å²) in [5.74, 6) is 0.173. The van der Waals surface area contributed by atoms with Gasteiger partial charge in [-0.2, -0.15) is 0 Å². The first kappa shape index (κ1) is 16.9. The predicted octanol–water partition coefficient (Wildman–Crippen LogP) is 1.85. The molecule has 1 aromatic rings. The molecule has 3 rings (SSSR count). The van der Waals surface area contributed by atoms with Crippen LogP contribution in [0.4, 0.5) is 10.5 Å². The highest BCUT2D eigenvalue weighted by Crippen LogP contribution is 2.31. The van der Waals surface area contributed by atoms with E-state index in [1.54, 1.807) is 9.71 Å². The van der Waals surface area contributed by atoms with Crippen molar-refractivity contribution in [3.05, 3.63) is 28.8 Å². The van der Waals surface area contributed by atoms with E-state index in [4.69, 9.17) is 4.74 Å². The van der Waals surface area contributed by atoms with Crippen LogP contribution in [0.15, 0.2) is 12.1 Å². The average molecular weight is 328 g/mol. The van der Waals surface area contributed by atoms with E-state index in [2.05, 4.69) is 12.1 Å². The van der Waals surface area contributed by atoms with Crippen LogP contribution in [-0.4, -0.2) is 43.6 Å². The molecule has 0 aliphatic carbocycles. The minimum Gasteiger partial charge on any atom is -0.444 e. The average Bonchev–Trinajstić information content (AvgIpc) is 2.70. The van der Waals surface area contributed by atoms with Gasteiger partial charge in [-0.15, -0.1) is 0 Å². The molecule has 2 amide bonds. The quantitative estimate of drug-likeness (QED) is 0.683. The Morgan fingerprint density at radius 2 is 1.67 bits per heavy atom. The Bertz CT molecular complexity index is 682. The van der Waals surface area contributed by atoms with Gasteiger partial charge >= 0.3 is 6.09 Å². The van der Waals surface area contributed by atoms with Gasteiger partial charge in [0.1, 0.15) is 5.60 Å². The molecule has 2 aliphatic heterocycles. The second-order valence-electron chi connectivity index (χ2n) is 7.67. The van der Waals surface area contributed by atoms with E-state index < -0.39 is 5.60 Å². The summed E-state index contributed by atoms with van der Waals surface area (Å²) in [7, 11) is 1.84. The minimum atomic E-state index is -0.474. The van der Waals surface area contributed by atoms with Crippen molar-refractivity contribution in [1.82, 2.24) is 4.90 Å². The van der Waals surface area contributed by atoms with E-state index in [9.17, 15) is 9.59 Å². The van der Waals surface area contributed by atoms with E-state index in [-0.39, 0.29) is 12.0 Å². The highest BCUT2D eigenvalue weighted by atomic mass is 16.6. The summed E-state index contributed by atoms with van der Waals surface area (Å²) in [6.07, 6.45) is 2.77. The lowest BCUT2D eigenvalue weighted by Crippen LogP contribution is -2.38. The van der Waals surface area contributed by atoms with E-state index >= 15 is 0 Å². The molecule has 128 valence electrons. The number of fused-ring (bicyclic) bond motifs is 2. The van der Waals surface area contributed by atoms with E-state index in [1.807, 2.05) is 28.8 Å². The molecule has 0 saturated heterocycles. The van der Waals surface area contributed by atoms with Gasteiger partial charge in [0.15, 0.2) is 0 Å². The van der Waals surface area contributed by atoms with Crippen LogP contribution in [-0.2, 0) is 28.8 Å². The van der Waals surface area contributed by atoms with E-state index in [0.717, 1.165) is 24.9 Å². The summed E-state index contributed by atoms with van der Waals surface area (Å²) in [6.45, 7) is 6.99. The molecule has 0 aromatic heterocycles. The van der Waals surface area contributed by atoms with Gasteiger partial charge in [0.25, 0.3) is 0 Å². The smallest absolute Gasteiger partial charge is 0.410 e. The molecule has 1 aromatic carbocycles. The SMILES string of the molecule is BN1C(=O)CCc2cc3c(cc21)CCN(C(=O)OC(C)(C)C)CC3. The van der Waals surface area contributed by atoms with Gasteiger partial charge in [-0.25, -0.2) is 4.79 Å². The number of anilines is 1. The van der Waals surface area contributed by atoms with Gasteiger partial charge in [0.2, 0.25) is 13.9 Å². The standard InChI is InChI=1S/C18H25BN2O3/c1-18(2,3)24-17(23)20-8-6-12-10-14-4-5-16(22)21(19)15(14)11-13(12)7-9-20/h10-11H,4-9,19H2,1-3H3. The highest BCUT2D eigenvalue weighted by Gasteiger charge is 2.26. The van der Waals surface area contributed by atoms with E-state index in [0.29, 0.717) is 19.5 Å². The van der Waals surface area contributed by atoms with Crippen molar-refractivity contribution in [3.8, 4) is 0 Å². The first-order valence-electron chi connectivity index (χ1n) is 8.64. The van der Waals surface area contributed by atoms with Gasteiger partial charge in [-0.3, -0.25) is 4.79 Å². The van der Waals surface area contributed by atoms with Crippen molar-refractivity contribution >= 4 is 25.7 Å². The van der Waals surface area contributed by atoms with Gasteiger partial charge in [0, 0.05) is 25.2 Å². The van der Waals surface area contributed by atoms with Gasteiger partial charge in [-0.05, 0) is 62.8 Å². The molecule has 6 heteroatoms. The van der Waals surface area contributed by atoms with Crippen LogP contribution in [0, 0.1) is 0 Å². The second-order valence-corrected chi connectivity index (χ2v) is 7.67. The number of hydrogen-bond donors (Lipinski definition) is 0. The molecule has 5 nitrogen and oxygen atoms in total. The van der Waals surface area contributed by atoms with Crippen LogP contribution >= 0.6 is 0 Å². The summed E-state index contributed by atoms with van der Waals surface area (Å²) in [5.41, 5.74) is 4.32. The van der Waals surface area contributed by atoms with E-state index in [1.165, 1.54) is 16.7 Å². The highest BCUT2D eigenvalue weighted by molar-refractivity contribution is 6.31. The zero-order chi connectivity index (χ0) is 17.5. The number of ether oxygens (including phenoxy) is 1. The van der Waals surface area contributed by atoms with Gasteiger partial charge in [-0.1, -0.05) is 6.07 Å². The third-order valence-electron chi connectivity index (χ3n) is 4.70. The Kier molecular flexibility index (Phi) is 4.32. The molecule has 0 bridgehead atoms. The Balaban J connectivity index is 1.79. The lowest BCUT2D eigenvalue weighted by Gasteiger charge is -2.28. The molecule has 24 heavy (non-hydrogen) atoms. The number of amides is 2. The zero-order valence-electron chi connectivity index (χ0n) is 15.0. The molecule has 0 unspecified atom stereocenters. The van der Waals surface area contributed by atoms with Gasteiger partial charge in [0.05, 0.1) is 0 Å². The van der Waals surface area contributed by atoms with Crippen LogP contribution in [0.3, 0.4) is 0 Å². The Morgan fingerprint density at radius 3 is 2.29 bits per heavy atom. The topological polar surface area (TPSA) is 49.9 Å². The number of hydrogen-bond acceptors (Lipinski definition) is 3. The van der Waals surface area contributed by atoms with Crippen molar-refractivity contribution in [2.24, 2.45) is 0 Å². The lowest BCUT2D eigenvalue weighted by atomic mass is 9.92. The first-order valence-corrected chi connectivity index (χ1v) is 8.64. The first-order chi connectivity index (χ1) is 11.2. The largest absolute Gasteiger partial charge is 0.444 e. The summed E-state index contributed by atoms with van der Waals surface area (Å²) in [5, 5.41) is 0. The second kappa shape index (κ2) is 6.15. The van der Waals surface area contributed by atoms with Crippen LogP contribution in [0.1, 0.15) is 43.9 Å². The summed E-state index contributed by atoms with van der Waals surface area (Å²) < 4.78 is 5.50. The van der Waals surface area contributed by atoms with Crippen molar-refractivity contribution in [2.75, 3.05) is 17.9 Å². The van der Waals surface area contributed by atoms with Crippen LogP contribution < -0.4 is 4.81 Å². The third kappa shape index (κ3) is 3.42. The minimum absolute atomic E-state index is 0.173. The molecule has 0 fully saturated rings. The number of aryl methyl sites for hydroxylation is 1. The van der Waals surface area contributed by atoms with Crippen molar-refractivity contribution in [2.45, 2.75) is 52.1 Å². The zero-order valence-corrected chi connectivity index (χ0v) is 15.0. The maximum atomic E-state index is 12.3. The number of carbonyl (C=O) groups is 2. The third-order valence-corrected chi connectivity index (χ3v) is 4.70. The molecule has 0 saturated carbocycles. The van der Waals surface area contributed by atoms with Gasteiger partial charge < -0.3 is 14.4 Å².